The lowest BCUT2D eigenvalue weighted by atomic mass is 9.94. The number of pyridine rings is 1. The van der Waals surface area contributed by atoms with Gasteiger partial charge in [-0.15, -0.1) is 5.10 Å². The number of aromatic nitrogens is 5. The van der Waals surface area contributed by atoms with E-state index in [0.717, 1.165) is 78.7 Å². The van der Waals surface area contributed by atoms with Gasteiger partial charge in [0, 0.05) is 25.3 Å². The van der Waals surface area contributed by atoms with Crippen LogP contribution < -0.4 is 10.3 Å². The first kappa shape index (κ1) is 26.7. The van der Waals surface area contributed by atoms with E-state index in [2.05, 4.69) is 43.6 Å². The number of H-pyrrole nitrogens is 1. The number of nitrogens with one attached hydrogen (secondary N) is 1. The maximum atomic E-state index is 13.9. The molecule has 1 aliphatic heterocycles. The molecule has 2 aromatic heterocycles. The summed E-state index contributed by atoms with van der Waals surface area (Å²) in [6.45, 7) is 4.06. The summed E-state index contributed by atoms with van der Waals surface area (Å²) in [6.07, 6.45) is 7.77. The molecular formula is C31H38N6O3. The zero-order chi connectivity index (χ0) is 27.5. The molecule has 9 nitrogen and oxygen atoms in total. The summed E-state index contributed by atoms with van der Waals surface area (Å²) in [4.78, 5) is 19.4. The topological polar surface area (TPSA) is 98.2 Å². The Hall–Kier alpha value is -3.56. The van der Waals surface area contributed by atoms with Crippen LogP contribution in [0, 0.1) is 6.92 Å². The first-order valence-electron chi connectivity index (χ1n) is 14.5. The first-order valence-corrected chi connectivity index (χ1v) is 14.5. The fraction of sp³-hybridized carbons (Fsp3) is 0.484. The second-order valence-corrected chi connectivity index (χ2v) is 11.2. The Morgan fingerprint density at radius 3 is 2.67 bits per heavy atom. The van der Waals surface area contributed by atoms with Crippen molar-refractivity contribution in [3.05, 3.63) is 81.4 Å². The summed E-state index contributed by atoms with van der Waals surface area (Å²) in [5.74, 6) is 1.53. The van der Waals surface area contributed by atoms with Crippen LogP contribution in [0.2, 0.25) is 0 Å². The van der Waals surface area contributed by atoms with E-state index in [1.807, 2.05) is 41.9 Å². The molecule has 1 saturated carbocycles. The Bertz CT molecular complexity index is 1490. The van der Waals surface area contributed by atoms with Crippen molar-refractivity contribution in [3.8, 4) is 5.75 Å². The van der Waals surface area contributed by atoms with E-state index in [-0.39, 0.29) is 17.7 Å². The Morgan fingerprint density at radius 1 is 1.10 bits per heavy atom. The van der Waals surface area contributed by atoms with Crippen LogP contribution in [-0.4, -0.2) is 56.5 Å². The lowest BCUT2D eigenvalue weighted by molar-refractivity contribution is 0.0567. The molecule has 2 unspecified atom stereocenters. The van der Waals surface area contributed by atoms with E-state index in [4.69, 9.17) is 9.47 Å². The minimum atomic E-state index is -0.447. The number of ether oxygens (including phenoxy) is 2. The van der Waals surface area contributed by atoms with Gasteiger partial charge in [-0.2, -0.15) is 0 Å². The molecule has 210 valence electrons. The van der Waals surface area contributed by atoms with E-state index >= 15 is 0 Å². The molecule has 0 bridgehead atoms. The van der Waals surface area contributed by atoms with Gasteiger partial charge in [0.1, 0.15) is 11.8 Å². The SMILES string of the molecule is COc1ccc(CN(CC2CCCO2)C(c2cc3cccc(C)c3[nH]c2=O)c2nnnn2C2CCCCC2)cc1. The van der Waals surface area contributed by atoms with Crippen LogP contribution in [0.1, 0.15) is 79.5 Å². The number of hydrogen-bond acceptors (Lipinski definition) is 7. The summed E-state index contributed by atoms with van der Waals surface area (Å²) in [5, 5.41) is 14.3. The van der Waals surface area contributed by atoms with Crippen molar-refractivity contribution in [1.29, 1.82) is 0 Å². The van der Waals surface area contributed by atoms with Gasteiger partial charge in [-0.05, 0) is 77.7 Å². The van der Waals surface area contributed by atoms with Crippen molar-refractivity contribution in [1.82, 2.24) is 30.1 Å². The Morgan fingerprint density at radius 2 is 1.93 bits per heavy atom. The van der Waals surface area contributed by atoms with Gasteiger partial charge >= 0.3 is 0 Å². The summed E-state index contributed by atoms with van der Waals surface area (Å²) < 4.78 is 13.5. The van der Waals surface area contributed by atoms with Crippen LogP contribution in [0.25, 0.3) is 10.9 Å². The molecule has 0 amide bonds. The number of nitrogens with zero attached hydrogens (tertiary/aromatic N) is 5. The number of methoxy groups -OCH3 is 1. The van der Waals surface area contributed by atoms with Gasteiger partial charge in [0.05, 0.1) is 24.8 Å². The Kier molecular flexibility index (Phi) is 7.93. The van der Waals surface area contributed by atoms with Gasteiger partial charge in [0.15, 0.2) is 5.82 Å². The molecule has 6 rings (SSSR count). The summed E-state index contributed by atoms with van der Waals surface area (Å²) in [5.41, 5.74) is 3.56. The van der Waals surface area contributed by atoms with Crippen molar-refractivity contribution in [2.24, 2.45) is 0 Å². The first-order chi connectivity index (χ1) is 19.6. The van der Waals surface area contributed by atoms with Gasteiger partial charge in [-0.3, -0.25) is 9.69 Å². The maximum absolute atomic E-state index is 13.9. The van der Waals surface area contributed by atoms with Crippen molar-refractivity contribution in [2.75, 3.05) is 20.3 Å². The second-order valence-electron chi connectivity index (χ2n) is 11.2. The molecule has 1 N–H and O–H groups in total. The highest BCUT2D eigenvalue weighted by molar-refractivity contribution is 5.82. The lowest BCUT2D eigenvalue weighted by Gasteiger charge is -2.34. The van der Waals surface area contributed by atoms with Gasteiger partial charge in [0.25, 0.3) is 5.56 Å². The molecule has 2 aromatic carbocycles. The Balaban J connectivity index is 1.49. The van der Waals surface area contributed by atoms with Gasteiger partial charge < -0.3 is 14.5 Å². The predicted octanol–water partition coefficient (Wildman–Crippen LogP) is 5.11. The fourth-order valence-electron chi connectivity index (χ4n) is 6.35. The molecule has 40 heavy (non-hydrogen) atoms. The van der Waals surface area contributed by atoms with Crippen LogP contribution in [0.5, 0.6) is 5.75 Å². The average molecular weight is 543 g/mol. The summed E-state index contributed by atoms with van der Waals surface area (Å²) in [7, 11) is 1.67. The minimum Gasteiger partial charge on any atom is -0.497 e. The number of rotatable bonds is 9. The van der Waals surface area contributed by atoms with Crippen LogP contribution >= 0.6 is 0 Å². The van der Waals surface area contributed by atoms with Crippen molar-refractivity contribution in [3.63, 3.8) is 0 Å². The van der Waals surface area contributed by atoms with Crippen LogP contribution in [0.4, 0.5) is 0 Å². The molecule has 2 aliphatic rings. The van der Waals surface area contributed by atoms with Crippen LogP contribution in [0.15, 0.2) is 53.3 Å². The molecule has 9 heteroatoms. The third-order valence-corrected chi connectivity index (χ3v) is 8.47. The monoisotopic (exact) mass is 542 g/mol. The average Bonchev–Trinajstić information content (AvgIpc) is 3.68. The smallest absolute Gasteiger partial charge is 0.253 e. The fourth-order valence-corrected chi connectivity index (χ4v) is 6.35. The molecule has 1 saturated heterocycles. The van der Waals surface area contributed by atoms with Crippen molar-refractivity contribution < 1.29 is 9.47 Å². The number of fused-ring (bicyclic) bond motifs is 1. The zero-order valence-corrected chi connectivity index (χ0v) is 23.4. The molecular weight excluding hydrogens is 504 g/mol. The van der Waals surface area contributed by atoms with Crippen LogP contribution in [0.3, 0.4) is 0 Å². The highest BCUT2D eigenvalue weighted by atomic mass is 16.5. The lowest BCUT2D eigenvalue weighted by Crippen LogP contribution is -2.39. The molecule has 3 heterocycles. The van der Waals surface area contributed by atoms with E-state index < -0.39 is 6.04 Å². The number of aryl methyl sites for hydroxylation is 1. The third kappa shape index (κ3) is 5.53. The highest BCUT2D eigenvalue weighted by Crippen LogP contribution is 2.35. The number of tetrazole rings is 1. The molecule has 2 atom stereocenters. The standard InChI is InChI=1S/C31H38N6O3/c1-21-8-6-9-23-18-27(31(38)32-28(21)23)29(30-33-34-35-37(30)24-10-4-3-5-11-24)36(20-26-12-7-17-40-26)19-22-13-15-25(39-2)16-14-22/h6,8-9,13-16,18,24,26,29H,3-5,7,10-12,17,19-20H2,1-2H3,(H,32,38). The normalized spacial score (nSPS) is 18.9. The molecule has 0 radical (unpaired) electrons. The van der Waals surface area contributed by atoms with E-state index in [9.17, 15) is 4.79 Å². The van der Waals surface area contributed by atoms with Gasteiger partial charge in [-0.1, -0.05) is 49.6 Å². The third-order valence-electron chi connectivity index (χ3n) is 8.47. The molecule has 1 aliphatic carbocycles. The Labute approximate surface area is 234 Å². The highest BCUT2D eigenvalue weighted by Gasteiger charge is 2.35. The largest absolute Gasteiger partial charge is 0.497 e. The van der Waals surface area contributed by atoms with E-state index in [0.29, 0.717) is 18.7 Å². The van der Waals surface area contributed by atoms with Crippen molar-refractivity contribution in [2.45, 2.75) is 76.6 Å². The maximum Gasteiger partial charge on any atom is 0.253 e. The molecule has 2 fully saturated rings. The van der Waals surface area contributed by atoms with Crippen LogP contribution in [-0.2, 0) is 11.3 Å². The quantitative estimate of drug-likeness (QED) is 0.314. The van der Waals surface area contributed by atoms with Crippen molar-refractivity contribution >= 4 is 10.9 Å². The summed E-state index contributed by atoms with van der Waals surface area (Å²) >= 11 is 0. The van der Waals surface area contributed by atoms with Gasteiger partial charge in [0.2, 0.25) is 0 Å². The van der Waals surface area contributed by atoms with Gasteiger partial charge in [-0.25, -0.2) is 4.68 Å². The number of hydrogen-bond donors (Lipinski definition) is 1. The number of para-hydroxylation sites is 1. The number of benzene rings is 2. The minimum absolute atomic E-state index is 0.0848. The summed E-state index contributed by atoms with van der Waals surface area (Å²) in [6, 6.07) is 16.0. The van der Waals surface area contributed by atoms with E-state index in [1.54, 1.807) is 7.11 Å². The predicted molar refractivity (Wildman–Crippen MR) is 153 cm³/mol. The second kappa shape index (κ2) is 11.9. The zero-order valence-electron chi connectivity index (χ0n) is 23.4. The number of aromatic amines is 1. The molecule has 4 aromatic rings. The molecule has 0 spiro atoms. The van der Waals surface area contributed by atoms with E-state index in [1.165, 1.54) is 6.42 Å².